The van der Waals surface area contributed by atoms with Gasteiger partial charge in [0, 0.05) is 26.3 Å². The molecule has 0 unspecified atom stereocenters. The van der Waals surface area contributed by atoms with Crippen molar-refractivity contribution in [3.05, 3.63) is 18.6 Å². The minimum Gasteiger partial charge on any atom is -0.466 e. The monoisotopic (exact) mass is 359 g/mol. The number of likely N-dealkylation sites (tertiary alicyclic amines) is 1. The van der Waals surface area contributed by atoms with Crippen LogP contribution >= 0.6 is 0 Å². The molecule has 2 aromatic heterocycles. The summed E-state index contributed by atoms with van der Waals surface area (Å²) in [6, 6.07) is 1.59. The predicted octanol–water partition coefficient (Wildman–Crippen LogP) is 1.58. The van der Waals surface area contributed by atoms with Crippen molar-refractivity contribution in [2.24, 2.45) is 5.92 Å². The van der Waals surface area contributed by atoms with Crippen molar-refractivity contribution in [2.75, 3.05) is 31.6 Å². The number of nitrogens with zero attached hydrogens (tertiary/aromatic N) is 4. The van der Waals surface area contributed by atoms with Crippen LogP contribution in [0.4, 0.5) is 5.82 Å². The number of ether oxygens (including phenoxy) is 1. The maximum atomic E-state index is 13.1. The summed E-state index contributed by atoms with van der Waals surface area (Å²) in [5.74, 6) is 0.676. The van der Waals surface area contributed by atoms with Crippen LogP contribution < -0.4 is 4.90 Å². The fourth-order valence-corrected chi connectivity index (χ4v) is 3.56. The summed E-state index contributed by atoms with van der Waals surface area (Å²) < 4.78 is 4.96. The van der Waals surface area contributed by atoms with E-state index in [1.807, 2.05) is 24.2 Å². The number of anilines is 1. The molecule has 1 aliphatic heterocycles. The molecule has 3 heterocycles. The molecule has 0 bridgehead atoms. The zero-order valence-corrected chi connectivity index (χ0v) is 15.4. The number of carbonyl (C=O) groups is 2. The fourth-order valence-electron chi connectivity index (χ4n) is 3.56. The van der Waals surface area contributed by atoms with Crippen LogP contribution in [0, 0.1) is 5.92 Å². The first-order chi connectivity index (χ1) is 12.5. The number of likely N-dealkylation sites (N-methyl/N-ethyl adjacent to an activating group) is 1. The maximum Gasteiger partial charge on any atom is 0.307 e. The van der Waals surface area contributed by atoms with Crippen molar-refractivity contribution < 1.29 is 14.3 Å². The minimum absolute atomic E-state index is 0.0258. The zero-order chi connectivity index (χ0) is 18.7. The highest BCUT2D eigenvalue weighted by molar-refractivity contribution is 5.92. The number of carbonyl (C=O) groups excluding carboxylic acids is 2. The van der Waals surface area contributed by atoms with Gasteiger partial charge in [-0.2, -0.15) is 0 Å². The number of hydrogen-bond acceptors (Lipinski definition) is 6. The third kappa shape index (κ3) is 3.49. The first kappa shape index (κ1) is 18.2. The number of fused-ring (bicyclic) bond motifs is 1. The van der Waals surface area contributed by atoms with Crippen LogP contribution in [0.3, 0.4) is 0 Å². The van der Waals surface area contributed by atoms with Gasteiger partial charge in [0.15, 0.2) is 0 Å². The highest BCUT2D eigenvalue weighted by Gasteiger charge is 2.38. The molecule has 0 radical (unpaired) electrons. The lowest BCUT2D eigenvalue weighted by Crippen LogP contribution is -2.55. The van der Waals surface area contributed by atoms with E-state index in [-0.39, 0.29) is 30.3 Å². The van der Waals surface area contributed by atoms with Gasteiger partial charge in [0.1, 0.15) is 23.8 Å². The second-order valence-electron chi connectivity index (χ2n) is 6.64. The molecule has 0 spiro atoms. The Balaban J connectivity index is 1.77. The third-order valence-electron chi connectivity index (χ3n) is 4.93. The van der Waals surface area contributed by atoms with Crippen LogP contribution in [-0.4, -0.2) is 64.5 Å². The van der Waals surface area contributed by atoms with Crippen LogP contribution in [0.5, 0.6) is 0 Å². The minimum atomic E-state index is -0.320. The number of amides is 1. The van der Waals surface area contributed by atoms with E-state index >= 15 is 0 Å². The fraction of sp³-hybridized carbons (Fsp3) is 0.556. The normalized spacial score (nSPS) is 20.4. The molecule has 2 atom stereocenters. The second kappa shape index (κ2) is 7.72. The zero-order valence-electron chi connectivity index (χ0n) is 15.4. The summed E-state index contributed by atoms with van der Waals surface area (Å²) >= 11 is 0. The number of aromatic amines is 1. The molecule has 1 saturated heterocycles. The summed E-state index contributed by atoms with van der Waals surface area (Å²) in [5, 5.41) is 0.888. The van der Waals surface area contributed by atoms with Gasteiger partial charge in [-0.1, -0.05) is 6.92 Å². The van der Waals surface area contributed by atoms with Gasteiger partial charge in [-0.05, 0) is 25.3 Å². The highest BCUT2D eigenvalue weighted by atomic mass is 16.5. The van der Waals surface area contributed by atoms with Crippen LogP contribution in [0.1, 0.15) is 26.7 Å². The van der Waals surface area contributed by atoms with Crippen molar-refractivity contribution in [3.63, 3.8) is 0 Å². The SMILES string of the molecule is CCOC(=O)CCN1CC[C@@H](C)[C@@H](N(C)c2ncnc3[nH]ccc23)C1=O. The van der Waals surface area contributed by atoms with Gasteiger partial charge in [0.2, 0.25) is 5.91 Å². The average Bonchev–Trinajstić information content (AvgIpc) is 3.10. The maximum absolute atomic E-state index is 13.1. The Morgan fingerprint density at radius 3 is 3.04 bits per heavy atom. The van der Waals surface area contributed by atoms with E-state index in [9.17, 15) is 9.59 Å². The van der Waals surface area contributed by atoms with Gasteiger partial charge >= 0.3 is 5.97 Å². The van der Waals surface area contributed by atoms with E-state index < -0.39 is 0 Å². The molecule has 1 aliphatic rings. The molecule has 1 N–H and O–H groups in total. The Hall–Kier alpha value is -2.64. The number of esters is 1. The highest BCUT2D eigenvalue weighted by Crippen LogP contribution is 2.29. The van der Waals surface area contributed by atoms with E-state index in [4.69, 9.17) is 4.74 Å². The summed E-state index contributed by atoms with van der Waals surface area (Å²) in [5.41, 5.74) is 0.747. The van der Waals surface area contributed by atoms with Crippen molar-refractivity contribution in [2.45, 2.75) is 32.7 Å². The molecule has 2 aromatic rings. The largest absolute Gasteiger partial charge is 0.466 e. The lowest BCUT2D eigenvalue weighted by molar-refractivity contribution is -0.144. The molecule has 0 aromatic carbocycles. The summed E-state index contributed by atoms with van der Waals surface area (Å²) in [6.45, 7) is 5.26. The van der Waals surface area contributed by atoms with Gasteiger partial charge < -0.3 is 19.5 Å². The van der Waals surface area contributed by atoms with Gasteiger partial charge in [0.25, 0.3) is 0 Å². The molecule has 0 saturated carbocycles. The molecule has 0 aliphatic carbocycles. The van der Waals surface area contributed by atoms with Crippen molar-refractivity contribution in [1.29, 1.82) is 0 Å². The van der Waals surface area contributed by atoms with E-state index in [0.717, 1.165) is 23.3 Å². The number of hydrogen-bond donors (Lipinski definition) is 1. The van der Waals surface area contributed by atoms with Crippen molar-refractivity contribution in [3.8, 4) is 0 Å². The number of H-pyrrole nitrogens is 1. The number of piperidine rings is 1. The topological polar surface area (TPSA) is 91.4 Å². The third-order valence-corrected chi connectivity index (χ3v) is 4.93. The molecule has 1 fully saturated rings. The van der Waals surface area contributed by atoms with Crippen LogP contribution in [0.15, 0.2) is 18.6 Å². The Bertz CT molecular complexity index is 790. The molecule has 3 rings (SSSR count). The molecular formula is C18H25N5O3. The smallest absolute Gasteiger partial charge is 0.307 e. The van der Waals surface area contributed by atoms with Gasteiger partial charge in [-0.3, -0.25) is 9.59 Å². The van der Waals surface area contributed by atoms with E-state index in [1.165, 1.54) is 6.33 Å². The Kier molecular flexibility index (Phi) is 5.39. The first-order valence-corrected chi connectivity index (χ1v) is 8.98. The van der Waals surface area contributed by atoms with Crippen LogP contribution in [0.25, 0.3) is 11.0 Å². The second-order valence-corrected chi connectivity index (χ2v) is 6.64. The van der Waals surface area contributed by atoms with Crippen LogP contribution in [-0.2, 0) is 14.3 Å². The summed E-state index contributed by atoms with van der Waals surface area (Å²) in [4.78, 5) is 40.1. The molecule has 140 valence electrons. The standard InChI is InChI=1S/C18H25N5O3/c1-4-26-14(24)7-10-23-9-6-12(2)15(18(23)25)22(3)17-13-5-8-19-16(13)20-11-21-17/h5,8,11-12,15H,4,6-7,9-10H2,1-3H3,(H,19,20,21)/t12-,15-/m1/s1. The van der Waals surface area contributed by atoms with Gasteiger partial charge in [-0.25, -0.2) is 9.97 Å². The number of rotatable bonds is 6. The molecule has 8 heteroatoms. The van der Waals surface area contributed by atoms with Crippen molar-refractivity contribution in [1.82, 2.24) is 19.9 Å². The molecule has 8 nitrogen and oxygen atoms in total. The quantitative estimate of drug-likeness (QED) is 0.788. The number of nitrogens with one attached hydrogen (secondary N) is 1. The van der Waals surface area contributed by atoms with E-state index in [0.29, 0.717) is 19.7 Å². The van der Waals surface area contributed by atoms with E-state index in [2.05, 4.69) is 21.9 Å². The lowest BCUT2D eigenvalue weighted by Gasteiger charge is -2.41. The summed E-state index contributed by atoms with van der Waals surface area (Å²) in [7, 11) is 1.89. The lowest BCUT2D eigenvalue weighted by atomic mass is 9.91. The van der Waals surface area contributed by atoms with Gasteiger partial charge in [-0.15, -0.1) is 0 Å². The van der Waals surface area contributed by atoms with Crippen LogP contribution in [0.2, 0.25) is 0 Å². The van der Waals surface area contributed by atoms with E-state index in [1.54, 1.807) is 11.8 Å². The molecule has 1 amide bonds. The van der Waals surface area contributed by atoms with Crippen molar-refractivity contribution >= 4 is 28.7 Å². The van der Waals surface area contributed by atoms with Gasteiger partial charge in [0.05, 0.1) is 18.4 Å². The average molecular weight is 359 g/mol. The Morgan fingerprint density at radius 1 is 1.46 bits per heavy atom. The summed E-state index contributed by atoms with van der Waals surface area (Å²) in [6.07, 6.45) is 4.42. The number of aromatic nitrogens is 3. The Morgan fingerprint density at radius 2 is 2.27 bits per heavy atom. The molecular weight excluding hydrogens is 334 g/mol. The molecule has 26 heavy (non-hydrogen) atoms. The first-order valence-electron chi connectivity index (χ1n) is 8.98. The predicted molar refractivity (Wildman–Crippen MR) is 97.7 cm³/mol. The Labute approximate surface area is 152 Å².